The third-order valence-corrected chi connectivity index (χ3v) is 26.8. The first kappa shape index (κ1) is 94.6. The normalized spacial score (nSPS) is 14.9. The van der Waals surface area contributed by atoms with Crippen LogP contribution in [0.1, 0.15) is 38.2 Å². The molecule has 1 aliphatic carbocycles. The van der Waals surface area contributed by atoms with Crippen molar-refractivity contribution in [1.82, 2.24) is 53.6 Å². The zero-order chi connectivity index (χ0) is 96.6. The van der Waals surface area contributed by atoms with Gasteiger partial charge >= 0.3 is 0 Å². The predicted molar refractivity (Wildman–Crippen MR) is 515 cm³/mol. The number of rotatable bonds is 21. The lowest BCUT2D eigenvalue weighted by Crippen LogP contribution is -2.40. The minimum absolute atomic E-state index is 0.0560. The fourth-order valence-electron chi connectivity index (χ4n) is 15.2. The van der Waals surface area contributed by atoms with E-state index in [1.54, 1.807) is 141 Å². The Hall–Kier alpha value is -15.6. The van der Waals surface area contributed by atoms with Crippen molar-refractivity contribution in [2.75, 3.05) is 103 Å². The molecule has 0 amide bonds. The van der Waals surface area contributed by atoms with Gasteiger partial charge in [0, 0.05) is 137 Å². The molecule has 1 unspecified atom stereocenters. The number of hydrogen-bond donors (Lipinski definition) is 6. The molecular weight excluding hydrogens is 1810 g/mol. The molecule has 0 spiro atoms. The van der Waals surface area contributed by atoms with Gasteiger partial charge in [-0.25, -0.2) is 63.7 Å². The predicted octanol–water partition coefficient (Wildman–Crippen LogP) is 17.2. The molecule has 10 aromatic carbocycles. The third kappa shape index (κ3) is 22.1. The Balaban J connectivity index is 0.000000124. The van der Waals surface area contributed by atoms with E-state index >= 15 is 0 Å². The second kappa shape index (κ2) is 40.7. The second-order valence-corrected chi connectivity index (χ2v) is 37.4. The van der Waals surface area contributed by atoms with E-state index < -0.39 is 82.7 Å². The summed E-state index contributed by atoms with van der Waals surface area (Å²) in [4.78, 5) is 13.5. The SMILES string of the molecule is C=S(=O)(NC1CC1)c1ccc(-n2cc(-c3cc(F)c(O)c(OC)c3)cn2)cc1.C=S1(=O)CCN(c2ccc(-n3cc(-c4cc(F)c(O)c(OC)c4)cn3)cc2)CC1.COc1cc(-c2cnn(-c3ccc(C4=NCC=N4)cc3)c2)cc(F)c1O.COc1cc(-c2cnn(-c3ccc(N4CCC(C)(F)CC4)cc3)c2)cc(F)c1O.COc1cc(-c2cnn(-c3ccc4c(c3)OCCO4)c2)cc(F)c1O. The number of methoxy groups -OCH3 is 5. The van der Waals surface area contributed by atoms with Crippen molar-refractivity contribution in [2.24, 2.45) is 9.98 Å². The van der Waals surface area contributed by atoms with Crippen LogP contribution in [0.2, 0.25) is 0 Å². The zero-order valence-electron chi connectivity index (χ0n) is 75.0. The minimum atomic E-state index is -2.51. The molecule has 1 atom stereocenters. The smallest absolute Gasteiger partial charge is 0.194 e. The van der Waals surface area contributed by atoms with E-state index in [0.717, 1.165) is 77.1 Å². The molecule has 708 valence electrons. The van der Waals surface area contributed by atoms with Crippen LogP contribution >= 0.6 is 0 Å². The molecule has 0 radical (unpaired) electrons. The Morgan fingerprint density at radius 3 is 1.05 bits per heavy atom. The highest BCUT2D eigenvalue weighted by Gasteiger charge is 2.31. The highest BCUT2D eigenvalue weighted by atomic mass is 32.2. The molecule has 37 heteroatoms. The summed E-state index contributed by atoms with van der Waals surface area (Å²) in [7, 11) is 2.44. The minimum Gasteiger partial charge on any atom is -0.502 e. The zero-order valence-corrected chi connectivity index (χ0v) is 76.7. The van der Waals surface area contributed by atoms with Gasteiger partial charge in [0.1, 0.15) is 18.9 Å². The van der Waals surface area contributed by atoms with E-state index in [9.17, 15) is 60.3 Å². The second-order valence-electron chi connectivity index (χ2n) is 32.6. The van der Waals surface area contributed by atoms with Crippen LogP contribution in [0, 0.1) is 29.1 Å². The molecule has 4 aliphatic heterocycles. The summed E-state index contributed by atoms with van der Waals surface area (Å²) < 4.78 is 156. The summed E-state index contributed by atoms with van der Waals surface area (Å²) in [6.45, 7) is 6.20. The number of nitrogens with one attached hydrogen (secondary N) is 1. The molecule has 5 aliphatic rings. The number of aliphatic imine (C=N–C) groups is 2. The number of ether oxygens (including phenoxy) is 7. The van der Waals surface area contributed by atoms with Crippen LogP contribution in [0.15, 0.2) is 253 Å². The third-order valence-electron chi connectivity index (χ3n) is 23.2. The summed E-state index contributed by atoms with van der Waals surface area (Å²) in [6.07, 6.45) is 21.9. The molecule has 20 rings (SSSR count). The number of aromatic hydroxyl groups is 5. The summed E-state index contributed by atoms with van der Waals surface area (Å²) in [6, 6.07) is 50.5. The number of phenols is 5. The first-order valence-electron chi connectivity index (χ1n) is 43.0. The average Bonchev–Trinajstić information content (AvgIpc) is 1.70. The van der Waals surface area contributed by atoms with Gasteiger partial charge in [0.25, 0.3) is 0 Å². The van der Waals surface area contributed by atoms with Gasteiger partial charge in [0.15, 0.2) is 104 Å². The van der Waals surface area contributed by atoms with Crippen molar-refractivity contribution < 1.29 is 93.5 Å². The van der Waals surface area contributed by atoms with Crippen molar-refractivity contribution in [3.05, 3.63) is 273 Å². The molecule has 3 fully saturated rings. The van der Waals surface area contributed by atoms with Crippen LogP contribution in [0.25, 0.3) is 84.1 Å². The molecule has 0 bridgehead atoms. The molecule has 1 saturated carbocycles. The molecular formula is C100H95F6N15O14S2. The molecule has 5 aromatic heterocycles. The Kier molecular flexibility index (Phi) is 28.1. The van der Waals surface area contributed by atoms with E-state index in [4.69, 9.17) is 33.2 Å². The van der Waals surface area contributed by atoms with Crippen LogP contribution in [-0.2, 0) is 19.2 Å². The van der Waals surface area contributed by atoms with Gasteiger partial charge in [0.2, 0.25) is 0 Å². The largest absolute Gasteiger partial charge is 0.502 e. The number of benzene rings is 10. The van der Waals surface area contributed by atoms with Crippen molar-refractivity contribution in [1.29, 1.82) is 0 Å². The maximum Gasteiger partial charge on any atom is 0.194 e. The van der Waals surface area contributed by atoms with Crippen LogP contribution in [0.3, 0.4) is 0 Å². The van der Waals surface area contributed by atoms with E-state index in [2.05, 4.69) is 61.7 Å². The quantitative estimate of drug-likeness (QED) is 0.0287. The number of nitrogens with zero attached hydrogens (tertiary/aromatic N) is 14. The lowest BCUT2D eigenvalue weighted by molar-refractivity contribution is 0.149. The number of aromatic nitrogens is 10. The Bertz CT molecular complexity index is 7190. The molecule has 15 aromatic rings. The summed E-state index contributed by atoms with van der Waals surface area (Å²) in [5.41, 5.74) is 12.4. The van der Waals surface area contributed by atoms with E-state index in [0.29, 0.717) is 135 Å². The Labute approximate surface area is 784 Å². The number of hydrogen-bond acceptors (Lipinski definition) is 23. The van der Waals surface area contributed by atoms with E-state index in [-0.39, 0.29) is 28.7 Å². The van der Waals surface area contributed by atoms with Gasteiger partial charge in [-0.05, 0) is 252 Å². The van der Waals surface area contributed by atoms with Gasteiger partial charge < -0.3 is 68.5 Å². The first-order valence-corrected chi connectivity index (χ1v) is 46.8. The van der Waals surface area contributed by atoms with Crippen LogP contribution < -0.4 is 47.7 Å². The molecule has 2 saturated heterocycles. The van der Waals surface area contributed by atoms with Crippen LogP contribution in [0.4, 0.5) is 37.7 Å². The van der Waals surface area contributed by atoms with Gasteiger partial charge in [-0.3, -0.25) is 9.20 Å². The Morgan fingerprint density at radius 1 is 0.416 bits per heavy atom. The molecule has 137 heavy (non-hydrogen) atoms. The fourth-order valence-corrected chi connectivity index (χ4v) is 18.0. The topological polar surface area (TPSA) is 332 Å². The molecule has 6 N–H and O–H groups in total. The highest BCUT2D eigenvalue weighted by Crippen LogP contribution is 2.42. The van der Waals surface area contributed by atoms with Crippen molar-refractivity contribution >= 4 is 54.4 Å². The lowest BCUT2D eigenvalue weighted by atomic mass is 9.95. The van der Waals surface area contributed by atoms with Crippen molar-refractivity contribution in [3.63, 3.8) is 0 Å². The van der Waals surface area contributed by atoms with Crippen molar-refractivity contribution in [2.45, 2.75) is 49.2 Å². The van der Waals surface area contributed by atoms with Gasteiger partial charge in [0.05, 0.1) is 111 Å². The van der Waals surface area contributed by atoms with Gasteiger partial charge in [-0.15, -0.1) is 0 Å². The number of piperidine rings is 1. The lowest BCUT2D eigenvalue weighted by Gasteiger charge is -2.35. The number of anilines is 2. The summed E-state index contributed by atoms with van der Waals surface area (Å²) >= 11 is 0. The average molecular weight is 1910 g/mol. The Morgan fingerprint density at radius 2 is 0.723 bits per heavy atom. The number of halogens is 6. The maximum absolute atomic E-state index is 14.0. The number of alkyl halides is 1. The van der Waals surface area contributed by atoms with E-state index in [1.165, 1.54) is 65.9 Å². The maximum atomic E-state index is 14.0. The number of phenolic OH excluding ortho intramolecular Hbond substituents is 5. The van der Waals surface area contributed by atoms with Crippen LogP contribution in [0.5, 0.6) is 69.0 Å². The summed E-state index contributed by atoms with van der Waals surface area (Å²) in [5.74, 6) is 5.00. The van der Waals surface area contributed by atoms with Crippen LogP contribution in [-0.4, -0.2) is 211 Å². The van der Waals surface area contributed by atoms with Crippen molar-refractivity contribution in [3.8, 4) is 153 Å². The highest BCUT2D eigenvalue weighted by molar-refractivity contribution is 8.00. The fraction of sp³-hybridized carbons (Fsp3) is 0.210. The number of amidine groups is 1. The summed E-state index contributed by atoms with van der Waals surface area (Å²) in [5, 5.41) is 69.9. The molecule has 29 nitrogen and oxygen atoms in total. The van der Waals surface area contributed by atoms with E-state index in [1.807, 2.05) is 103 Å². The van der Waals surface area contributed by atoms with Gasteiger partial charge in [-0.2, -0.15) is 25.5 Å². The first-order chi connectivity index (χ1) is 65.9. The van der Waals surface area contributed by atoms with Gasteiger partial charge in [-0.1, -0.05) is 0 Å². The molecule has 9 heterocycles. The standard InChI is InChI=1S/C22H23F2N3O2.C21H22FN3O3S.C20H20FN3O3S.C19H15FN4O2.C18H15FN2O4/c1-22(24)7-9-26(10-8-22)17-3-5-18(6-4-17)27-14-16(13-25-27)15-11-19(23)21(28)20(12-15)29-2;1-28-20-12-15(11-19(22)21(20)26)16-13-23-25(14-16)18-5-3-17(4-6-18)24-7-9-29(2,27)10-8-24;1-27-19-10-13(9-18(21)20(19)25)14-11-22-24(12-14)16-5-7-17(8-6-16)28(2,26)23-15-3-4-15;1-26-17-9-13(8-16(20)18(17)25)14-10-23-24(11-14)15-4-2-12(3-5-15)19-21-6-7-22-19;1-23-17-7-11(6-14(19)18(17)22)12-9-20-21(10-12)13-2-3-15-16(8-13)25-5-4-24-15/h3-6,11-14,28H,7-10H2,1-2H3;3-6,11-14,26H,2,7-10H2,1H3;5-12,15,25H,2-4H2,1H3,(H,23,26);2-6,8-11,25H,7H2,1H3;2-3,6-10,22H,4-5H2,1H3. The number of fused-ring (bicyclic) bond motifs is 1. The monoisotopic (exact) mass is 1910 g/mol.